The molecule has 2 amide bonds. The number of aromatic nitrogens is 2. The number of hydrogen-bond donors (Lipinski definition) is 2. The molecule has 0 fully saturated rings. The SMILES string of the molecule is CCC(C)NC(=O)Nc1nncs1. The molecule has 0 saturated carbocycles. The normalized spacial score (nSPS) is 12.2. The third kappa shape index (κ3) is 3.37. The number of carbonyl (C=O) groups excluding carboxylic acids is 1. The molecule has 5 nitrogen and oxygen atoms in total. The second-order valence-corrected chi connectivity index (χ2v) is 3.48. The molecule has 1 heterocycles. The Morgan fingerprint density at radius 3 is 3.08 bits per heavy atom. The van der Waals surface area contributed by atoms with Crippen LogP contribution in [0.5, 0.6) is 0 Å². The van der Waals surface area contributed by atoms with Gasteiger partial charge in [-0.2, -0.15) is 0 Å². The van der Waals surface area contributed by atoms with Gasteiger partial charge in [0.2, 0.25) is 5.13 Å². The van der Waals surface area contributed by atoms with E-state index in [1.165, 1.54) is 11.3 Å². The van der Waals surface area contributed by atoms with Crippen molar-refractivity contribution in [1.29, 1.82) is 0 Å². The van der Waals surface area contributed by atoms with Gasteiger partial charge in [-0.15, -0.1) is 10.2 Å². The number of carbonyl (C=O) groups is 1. The predicted molar refractivity (Wildman–Crippen MR) is 51.8 cm³/mol. The zero-order valence-electron chi connectivity index (χ0n) is 7.57. The molecule has 0 bridgehead atoms. The maximum Gasteiger partial charge on any atom is 0.321 e. The molecular formula is C7H12N4OS. The van der Waals surface area contributed by atoms with Crippen LogP contribution in [0.4, 0.5) is 9.93 Å². The smallest absolute Gasteiger partial charge is 0.321 e. The summed E-state index contributed by atoms with van der Waals surface area (Å²) >= 11 is 1.29. The first kappa shape index (κ1) is 9.91. The Balaban J connectivity index is 2.34. The zero-order valence-corrected chi connectivity index (χ0v) is 8.39. The minimum Gasteiger partial charge on any atom is -0.335 e. The van der Waals surface area contributed by atoms with Crippen LogP contribution in [0.3, 0.4) is 0 Å². The molecule has 1 rings (SSSR count). The van der Waals surface area contributed by atoms with Crippen molar-refractivity contribution in [3.63, 3.8) is 0 Å². The second-order valence-electron chi connectivity index (χ2n) is 2.65. The molecule has 13 heavy (non-hydrogen) atoms. The van der Waals surface area contributed by atoms with E-state index in [9.17, 15) is 4.79 Å². The monoisotopic (exact) mass is 200 g/mol. The third-order valence-electron chi connectivity index (χ3n) is 1.57. The molecule has 1 aromatic rings. The number of anilines is 1. The van der Waals surface area contributed by atoms with E-state index >= 15 is 0 Å². The number of rotatable bonds is 3. The first-order chi connectivity index (χ1) is 6.22. The summed E-state index contributed by atoms with van der Waals surface area (Å²) in [6, 6.07) is -0.0565. The fraction of sp³-hybridized carbons (Fsp3) is 0.571. The second kappa shape index (κ2) is 4.76. The Bertz CT molecular complexity index is 261. The molecule has 0 aliphatic carbocycles. The average Bonchev–Trinajstić information content (AvgIpc) is 2.56. The van der Waals surface area contributed by atoms with Gasteiger partial charge in [-0.05, 0) is 13.3 Å². The highest BCUT2D eigenvalue weighted by molar-refractivity contribution is 7.13. The first-order valence-corrected chi connectivity index (χ1v) is 4.94. The van der Waals surface area contributed by atoms with Crippen LogP contribution < -0.4 is 10.6 Å². The largest absolute Gasteiger partial charge is 0.335 e. The lowest BCUT2D eigenvalue weighted by atomic mass is 10.3. The van der Waals surface area contributed by atoms with Crippen molar-refractivity contribution in [1.82, 2.24) is 15.5 Å². The van der Waals surface area contributed by atoms with E-state index in [-0.39, 0.29) is 12.1 Å². The molecule has 0 aliphatic rings. The Morgan fingerprint density at radius 1 is 1.77 bits per heavy atom. The molecule has 0 spiro atoms. The van der Waals surface area contributed by atoms with Gasteiger partial charge in [-0.25, -0.2) is 4.79 Å². The summed E-state index contributed by atoms with van der Waals surface area (Å²) in [5.41, 5.74) is 1.57. The highest BCUT2D eigenvalue weighted by Gasteiger charge is 2.06. The van der Waals surface area contributed by atoms with Crippen molar-refractivity contribution in [2.24, 2.45) is 0 Å². The highest BCUT2D eigenvalue weighted by Crippen LogP contribution is 2.07. The molecule has 0 aromatic carbocycles. The third-order valence-corrected chi connectivity index (χ3v) is 2.18. The van der Waals surface area contributed by atoms with Gasteiger partial charge < -0.3 is 5.32 Å². The van der Waals surface area contributed by atoms with Crippen LogP contribution in [0.25, 0.3) is 0 Å². The molecule has 1 atom stereocenters. The Kier molecular flexibility index (Phi) is 3.63. The van der Waals surface area contributed by atoms with Crippen LogP contribution >= 0.6 is 11.3 Å². The molecule has 1 aromatic heterocycles. The number of amides is 2. The lowest BCUT2D eigenvalue weighted by molar-refractivity contribution is 0.249. The number of nitrogens with zero attached hydrogens (tertiary/aromatic N) is 2. The standard InChI is InChI=1S/C7H12N4OS/c1-3-5(2)9-6(12)10-7-11-8-4-13-7/h4-5H,3H2,1-2H3,(H2,9,10,11,12). The number of urea groups is 1. The maximum atomic E-state index is 11.2. The Labute approximate surface area is 80.6 Å². The zero-order chi connectivity index (χ0) is 9.68. The highest BCUT2D eigenvalue weighted by atomic mass is 32.1. The molecule has 0 saturated heterocycles. The summed E-state index contributed by atoms with van der Waals surface area (Å²) in [6.45, 7) is 3.95. The molecular weight excluding hydrogens is 188 g/mol. The van der Waals surface area contributed by atoms with Gasteiger partial charge in [0, 0.05) is 6.04 Å². The molecule has 0 aliphatic heterocycles. The van der Waals surface area contributed by atoms with Gasteiger partial charge in [0.15, 0.2) is 0 Å². The van der Waals surface area contributed by atoms with Crippen LogP contribution in [0.2, 0.25) is 0 Å². The maximum absolute atomic E-state index is 11.2. The first-order valence-electron chi connectivity index (χ1n) is 4.06. The summed E-state index contributed by atoms with van der Waals surface area (Å²) < 4.78 is 0. The molecule has 6 heteroatoms. The van der Waals surface area contributed by atoms with Gasteiger partial charge in [-0.1, -0.05) is 18.3 Å². The Morgan fingerprint density at radius 2 is 2.54 bits per heavy atom. The van der Waals surface area contributed by atoms with E-state index in [1.54, 1.807) is 5.51 Å². The molecule has 72 valence electrons. The summed E-state index contributed by atoms with van der Waals surface area (Å²) in [6.07, 6.45) is 0.906. The lowest BCUT2D eigenvalue weighted by Gasteiger charge is -2.10. The van der Waals surface area contributed by atoms with Crippen molar-refractivity contribution in [3.8, 4) is 0 Å². The minimum atomic E-state index is -0.230. The summed E-state index contributed by atoms with van der Waals surface area (Å²) in [5.74, 6) is 0. The van der Waals surface area contributed by atoms with Crippen molar-refractivity contribution in [3.05, 3.63) is 5.51 Å². The summed E-state index contributed by atoms with van der Waals surface area (Å²) in [5, 5.41) is 13.1. The van der Waals surface area contributed by atoms with Crippen molar-refractivity contribution >= 4 is 22.5 Å². The fourth-order valence-corrected chi connectivity index (χ4v) is 1.13. The summed E-state index contributed by atoms with van der Waals surface area (Å²) in [7, 11) is 0. The van der Waals surface area contributed by atoms with Crippen LogP contribution in [0.15, 0.2) is 5.51 Å². The van der Waals surface area contributed by atoms with Gasteiger partial charge in [0.25, 0.3) is 0 Å². The van der Waals surface area contributed by atoms with Crippen molar-refractivity contribution in [2.45, 2.75) is 26.3 Å². The van der Waals surface area contributed by atoms with Crippen LogP contribution in [0, 0.1) is 0 Å². The number of hydrogen-bond acceptors (Lipinski definition) is 4. The molecule has 0 radical (unpaired) electrons. The van der Waals surface area contributed by atoms with Crippen LogP contribution in [0.1, 0.15) is 20.3 Å². The van der Waals surface area contributed by atoms with Crippen LogP contribution in [-0.4, -0.2) is 22.3 Å². The fourth-order valence-electron chi connectivity index (χ4n) is 0.687. The van der Waals surface area contributed by atoms with Gasteiger partial charge in [0.05, 0.1) is 0 Å². The predicted octanol–water partition coefficient (Wildman–Crippen LogP) is 1.46. The van der Waals surface area contributed by atoms with Gasteiger partial charge >= 0.3 is 6.03 Å². The molecule has 2 N–H and O–H groups in total. The molecule has 1 unspecified atom stereocenters. The Hall–Kier alpha value is -1.17. The van der Waals surface area contributed by atoms with Gasteiger partial charge in [0.1, 0.15) is 5.51 Å². The minimum absolute atomic E-state index is 0.174. The van der Waals surface area contributed by atoms with E-state index in [2.05, 4.69) is 20.8 Å². The summed E-state index contributed by atoms with van der Waals surface area (Å²) in [4.78, 5) is 11.2. The van der Waals surface area contributed by atoms with Crippen molar-refractivity contribution < 1.29 is 4.79 Å². The van der Waals surface area contributed by atoms with E-state index in [4.69, 9.17) is 0 Å². The van der Waals surface area contributed by atoms with Crippen molar-refractivity contribution in [2.75, 3.05) is 5.32 Å². The quantitative estimate of drug-likeness (QED) is 0.776. The van der Waals surface area contributed by atoms with Crippen LogP contribution in [-0.2, 0) is 0 Å². The van der Waals surface area contributed by atoms with E-state index < -0.39 is 0 Å². The van der Waals surface area contributed by atoms with Gasteiger partial charge in [-0.3, -0.25) is 5.32 Å². The number of nitrogens with one attached hydrogen (secondary N) is 2. The lowest BCUT2D eigenvalue weighted by Crippen LogP contribution is -2.35. The topological polar surface area (TPSA) is 66.9 Å². The van der Waals surface area contributed by atoms with E-state index in [0.717, 1.165) is 6.42 Å². The van der Waals surface area contributed by atoms with E-state index in [1.807, 2.05) is 13.8 Å². The van der Waals surface area contributed by atoms with E-state index in [0.29, 0.717) is 5.13 Å². The average molecular weight is 200 g/mol.